The number of nitrogens with zero attached hydrogens (tertiary/aromatic N) is 2. The number of anilines is 1. The fraction of sp³-hybridized carbons (Fsp3) is 0.136. The van der Waals surface area contributed by atoms with E-state index < -0.39 is 0 Å². The Bertz CT molecular complexity index is 1150. The van der Waals surface area contributed by atoms with E-state index in [0.717, 1.165) is 32.0 Å². The van der Waals surface area contributed by atoms with Gasteiger partial charge in [-0.2, -0.15) is 0 Å². The number of thiazole rings is 1. The molecule has 0 aliphatic rings. The Kier molecular flexibility index (Phi) is 5.47. The van der Waals surface area contributed by atoms with Crippen LogP contribution in [-0.4, -0.2) is 22.5 Å². The number of ether oxygens (including phenoxy) is 1. The lowest BCUT2D eigenvalue weighted by Crippen LogP contribution is -2.20. The second-order valence-corrected chi connectivity index (χ2v) is 7.99. The second-order valence-electron chi connectivity index (χ2n) is 6.64. The van der Waals surface area contributed by atoms with Crippen molar-refractivity contribution in [2.24, 2.45) is 0 Å². The van der Waals surface area contributed by atoms with Crippen molar-refractivity contribution in [1.82, 2.24) is 9.97 Å². The van der Waals surface area contributed by atoms with Crippen molar-refractivity contribution in [1.29, 1.82) is 0 Å². The molecule has 1 amide bonds. The summed E-state index contributed by atoms with van der Waals surface area (Å²) in [4.78, 5) is 22.2. The van der Waals surface area contributed by atoms with Crippen LogP contribution >= 0.6 is 22.9 Å². The number of aromatic nitrogens is 2. The normalized spacial score (nSPS) is 10.9. The molecule has 0 saturated carbocycles. The largest absolute Gasteiger partial charge is 0.484 e. The van der Waals surface area contributed by atoms with Gasteiger partial charge in [-0.3, -0.25) is 4.79 Å². The molecule has 0 radical (unpaired) electrons. The van der Waals surface area contributed by atoms with Gasteiger partial charge in [0.25, 0.3) is 5.91 Å². The Hall–Kier alpha value is -2.96. The molecule has 1 N–H and O–H groups in total. The number of fused-ring (bicyclic) bond motifs is 1. The Morgan fingerprint density at radius 1 is 1.14 bits per heavy atom. The lowest BCUT2D eigenvalue weighted by Gasteiger charge is -2.10. The molecule has 7 heteroatoms. The first-order valence-electron chi connectivity index (χ1n) is 9.01. The highest BCUT2D eigenvalue weighted by Gasteiger charge is 2.10. The first-order valence-corrected chi connectivity index (χ1v) is 10.2. The predicted molar refractivity (Wildman–Crippen MR) is 118 cm³/mol. The quantitative estimate of drug-likeness (QED) is 0.450. The van der Waals surface area contributed by atoms with Gasteiger partial charge in [0, 0.05) is 22.5 Å². The number of rotatable bonds is 5. The molecule has 0 bridgehead atoms. The molecule has 2 heterocycles. The summed E-state index contributed by atoms with van der Waals surface area (Å²) in [6, 6.07) is 15.0. The van der Waals surface area contributed by atoms with E-state index in [-0.39, 0.29) is 12.5 Å². The maximum Gasteiger partial charge on any atom is 0.262 e. The van der Waals surface area contributed by atoms with Crippen LogP contribution in [0.15, 0.2) is 54.7 Å². The predicted octanol–water partition coefficient (Wildman–Crippen LogP) is 5.65. The zero-order valence-electron chi connectivity index (χ0n) is 15.9. The summed E-state index contributed by atoms with van der Waals surface area (Å²) in [7, 11) is 0. The van der Waals surface area contributed by atoms with E-state index in [2.05, 4.69) is 15.3 Å². The van der Waals surface area contributed by atoms with E-state index in [1.807, 2.05) is 62.4 Å². The van der Waals surface area contributed by atoms with Crippen LogP contribution in [0.4, 0.5) is 5.69 Å². The minimum Gasteiger partial charge on any atom is -0.484 e. The Balaban J connectivity index is 1.44. The molecule has 2 aromatic heterocycles. The number of pyridine rings is 1. The van der Waals surface area contributed by atoms with E-state index in [9.17, 15) is 4.79 Å². The molecule has 0 aliphatic heterocycles. The SMILES string of the molecule is Cc1cc(OCC(=O)Nc2cccc(-c3nc4cccnc4s3)c2)cc(C)c1Cl. The van der Waals surface area contributed by atoms with Gasteiger partial charge in [0.1, 0.15) is 21.1 Å². The van der Waals surface area contributed by atoms with Gasteiger partial charge < -0.3 is 10.1 Å². The second kappa shape index (κ2) is 8.19. The fourth-order valence-electron chi connectivity index (χ4n) is 2.96. The van der Waals surface area contributed by atoms with Crippen molar-refractivity contribution < 1.29 is 9.53 Å². The summed E-state index contributed by atoms with van der Waals surface area (Å²) in [5.74, 6) is 0.383. The molecule has 5 nitrogen and oxygen atoms in total. The van der Waals surface area contributed by atoms with E-state index in [4.69, 9.17) is 16.3 Å². The third-order valence-corrected chi connectivity index (χ3v) is 5.96. The number of aryl methyl sites for hydroxylation is 2. The molecule has 0 unspecified atom stereocenters. The summed E-state index contributed by atoms with van der Waals surface area (Å²) in [5, 5.41) is 4.44. The molecule has 29 heavy (non-hydrogen) atoms. The number of nitrogens with one attached hydrogen (secondary N) is 1. The molecule has 4 rings (SSSR count). The monoisotopic (exact) mass is 423 g/mol. The fourth-order valence-corrected chi connectivity index (χ4v) is 3.97. The number of halogens is 1. The third-order valence-electron chi connectivity index (χ3n) is 4.34. The highest BCUT2D eigenvalue weighted by atomic mass is 35.5. The number of hydrogen-bond acceptors (Lipinski definition) is 5. The molecule has 0 spiro atoms. The zero-order chi connectivity index (χ0) is 20.4. The molecule has 4 aromatic rings. The van der Waals surface area contributed by atoms with E-state index in [0.29, 0.717) is 16.5 Å². The summed E-state index contributed by atoms with van der Waals surface area (Å²) in [6.45, 7) is 3.73. The zero-order valence-corrected chi connectivity index (χ0v) is 17.5. The lowest BCUT2D eigenvalue weighted by molar-refractivity contribution is -0.118. The Morgan fingerprint density at radius 3 is 2.69 bits per heavy atom. The molecule has 2 aromatic carbocycles. The van der Waals surface area contributed by atoms with Crippen molar-refractivity contribution in [2.75, 3.05) is 11.9 Å². The maximum atomic E-state index is 12.3. The number of hydrogen-bond donors (Lipinski definition) is 1. The molecular weight excluding hydrogens is 406 g/mol. The smallest absolute Gasteiger partial charge is 0.262 e. The van der Waals surface area contributed by atoms with Gasteiger partial charge in [0.15, 0.2) is 6.61 Å². The number of carbonyl (C=O) groups is 1. The van der Waals surface area contributed by atoms with Crippen molar-refractivity contribution >= 4 is 44.9 Å². The maximum absolute atomic E-state index is 12.3. The van der Waals surface area contributed by atoms with Gasteiger partial charge >= 0.3 is 0 Å². The van der Waals surface area contributed by atoms with Crippen LogP contribution < -0.4 is 10.1 Å². The first-order chi connectivity index (χ1) is 14.0. The van der Waals surface area contributed by atoms with E-state index >= 15 is 0 Å². The highest BCUT2D eigenvalue weighted by Crippen LogP contribution is 2.30. The molecular formula is C22H18ClN3O2S. The third kappa shape index (κ3) is 4.39. The van der Waals surface area contributed by atoms with Gasteiger partial charge in [-0.05, 0) is 61.4 Å². The molecule has 0 fully saturated rings. The van der Waals surface area contributed by atoms with E-state index in [1.165, 1.54) is 11.3 Å². The first kappa shape index (κ1) is 19.4. The van der Waals surface area contributed by atoms with Crippen LogP contribution in [0.1, 0.15) is 11.1 Å². The summed E-state index contributed by atoms with van der Waals surface area (Å²) < 4.78 is 5.62. The topological polar surface area (TPSA) is 64.1 Å². The van der Waals surface area contributed by atoms with Gasteiger partial charge in [0.2, 0.25) is 0 Å². The van der Waals surface area contributed by atoms with E-state index in [1.54, 1.807) is 6.20 Å². The summed E-state index contributed by atoms with van der Waals surface area (Å²) in [6.07, 6.45) is 1.75. The van der Waals surface area contributed by atoms with Crippen molar-refractivity contribution in [3.05, 3.63) is 70.9 Å². The van der Waals surface area contributed by atoms with Crippen LogP contribution in [-0.2, 0) is 4.79 Å². The minimum absolute atomic E-state index is 0.0875. The van der Waals surface area contributed by atoms with Gasteiger partial charge in [-0.1, -0.05) is 35.1 Å². The average molecular weight is 424 g/mol. The van der Waals surface area contributed by atoms with Crippen LogP contribution in [0, 0.1) is 13.8 Å². The summed E-state index contributed by atoms with van der Waals surface area (Å²) in [5.41, 5.74) is 4.31. The van der Waals surface area contributed by atoms with Gasteiger partial charge in [0.05, 0.1) is 0 Å². The van der Waals surface area contributed by atoms with Crippen LogP contribution in [0.2, 0.25) is 5.02 Å². The number of benzene rings is 2. The van der Waals surface area contributed by atoms with Crippen LogP contribution in [0.25, 0.3) is 20.9 Å². The Morgan fingerprint density at radius 2 is 1.93 bits per heavy atom. The van der Waals surface area contributed by atoms with Crippen molar-refractivity contribution in [3.63, 3.8) is 0 Å². The number of carbonyl (C=O) groups excluding carboxylic acids is 1. The van der Waals surface area contributed by atoms with Crippen LogP contribution in [0.3, 0.4) is 0 Å². The lowest BCUT2D eigenvalue weighted by atomic mass is 10.1. The van der Waals surface area contributed by atoms with Crippen LogP contribution in [0.5, 0.6) is 5.75 Å². The van der Waals surface area contributed by atoms with Gasteiger partial charge in [-0.25, -0.2) is 9.97 Å². The number of amides is 1. The summed E-state index contributed by atoms with van der Waals surface area (Å²) >= 11 is 7.69. The molecule has 0 atom stereocenters. The van der Waals surface area contributed by atoms with Gasteiger partial charge in [-0.15, -0.1) is 0 Å². The van der Waals surface area contributed by atoms with Crippen molar-refractivity contribution in [3.8, 4) is 16.3 Å². The molecule has 146 valence electrons. The standard InChI is InChI=1S/C22H18ClN3O2S/c1-13-9-17(10-14(2)20(13)23)28-12-19(27)25-16-6-3-5-15(11-16)21-26-18-7-4-8-24-22(18)29-21/h3-11H,12H2,1-2H3,(H,25,27). The average Bonchev–Trinajstić information content (AvgIpc) is 3.15. The van der Waals surface area contributed by atoms with Crippen molar-refractivity contribution in [2.45, 2.75) is 13.8 Å². The molecule has 0 saturated heterocycles. The minimum atomic E-state index is -0.238. The Labute approximate surface area is 177 Å². The highest BCUT2D eigenvalue weighted by molar-refractivity contribution is 7.21. The molecule has 0 aliphatic carbocycles.